The zero-order valence-electron chi connectivity index (χ0n) is 15.2. The highest BCUT2D eigenvalue weighted by molar-refractivity contribution is 5.77. The molecule has 0 saturated carbocycles. The zero-order chi connectivity index (χ0) is 17.5. The molecule has 2 saturated heterocycles. The first-order valence-electron chi connectivity index (χ1n) is 9.34. The average Bonchev–Trinajstić information content (AvgIpc) is 2.64. The Labute approximate surface area is 150 Å². The van der Waals surface area contributed by atoms with Gasteiger partial charge in [-0.2, -0.15) is 0 Å². The second kappa shape index (κ2) is 8.79. The van der Waals surface area contributed by atoms with E-state index in [4.69, 9.17) is 9.47 Å². The van der Waals surface area contributed by atoms with Crippen molar-refractivity contribution in [1.29, 1.82) is 0 Å². The summed E-state index contributed by atoms with van der Waals surface area (Å²) in [5.74, 6) is -0.0381. The van der Waals surface area contributed by atoms with E-state index in [9.17, 15) is 4.79 Å². The first-order chi connectivity index (χ1) is 12.2. The number of carbonyl (C=O) groups excluding carboxylic acids is 1. The number of nitrogens with zero attached hydrogens (tertiary/aromatic N) is 1. The fourth-order valence-corrected chi connectivity index (χ4v) is 4.14. The summed E-state index contributed by atoms with van der Waals surface area (Å²) >= 11 is 0. The van der Waals surface area contributed by atoms with Gasteiger partial charge >= 0.3 is 0 Å². The van der Waals surface area contributed by atoms with Gasteiger partial charge in [0.25, 0.3) is 0 Å². The maximum Gasteiger partial charge on any atom is 0.246 e. The highest BCUT2D eigenvalue weighted by Gasteiger charge is 2.44. The number of hydrogen-bond donors (Lipinski definition) is 1. The number of amides is 1. The molecule has 1 N–H and O–H groups in total. The number of hydrogen-bond acceptors (Lipinski definition) is 4. The molecule has 2 heterocycles. The van der Waals surface area contributed by atoms with Gasteiger partial charge in [-0.05, 0) is 49.8 Å². The minimum Gasteiger partial charge on any atom is -0.379 e. The molecule has 1 aromatic rings. The van der Waals surface area contributed by atoms with E-state index >= 15 is 0 Å². The van der Waals surface area contributed by atoms with Gasteiger partial charge in [-0.3, -0.25) is 4.79 Å². The first kappa shape index (κ1) is 18.4. The van der Waals surface area contributed by atoms with E-state index in [1.807, 2.05) is 0 Å². The van der Waals surface area contributed by atoms with Gasteiger partial charge < -0.3 is 19.7 Å². The van der Waals surface area contributed by atoms with Gasteiger partial charge in [0.2, 0.25) is 5.91 Å². The quantitative estimate of drug-likeness (QED) is 0.854. The molecule has 5 nitrogen and oxygen atoms in total. The Morgan fingerprint density at radius 3 is 2.76 bits per heavy atom. The van der Waals surface area contributed by atoms with Gasteiger partial charge in [0.15, 0.2) is 0 Å². The van der Waals surface area contributed by atoms with E-state index in [-0.39, 0.29) is 24.0 Å². The maximum atomic E-state index is 12.0. The molecular weight excluding hydrogens is 316 g/mol. The molecule has 1 atom stereocenters. The molecule has 1 spiro atoms. The van der Waals surface area contributed by atoms with Crippen molar-refractivity contribution in [1.82, 2.24) is 10.2 Å². The lowest BCUT2D eigenvalue weighted by molar-refractivity contribution is -0.130. The molecule has 2 aliphatic rings. The summed E-state index contributed by atoms with van der Waals surface area (Å²) in [7, 11) is 1.55. The topological polar surface area (TPSA) is 50.8 Å². The molecule has 2 aliphatic heterocycles. The van der Waals surface area contributed by atoms with Crippen LogP contribution < -0.4 is 5.32 Å². The van der Waals surface area contributed by atoms with Crippen molar-refractivity contribution in [3.63, 3.8) is 0 Å². The molecule has 2 fully saturated rings. The van der Waals surface area contributed by atoms with Crippen LogP contribution in [0.4, 0.5) is 0 Å². The fraction of sp³-hybridized carbons (Fsp3) is 0.650. The van der Waals surface area contributed by atoms with Crippen LogP contribution in [0.2, 0.25) is 0 Å². The minimum atomic E-state index is -0.0381. The maximum absolute atomic E-state index is 12.0. The van der Waals surface area contributed by atoms with Crippen LogP contribution in [-0.2, 0) is 20.7 Å². The molecule has 0 bridgehead atoms. The van der Waals surface area contributed by atoms with Gasteiger partial charge in [0.1, 0.15) is 6.61 Å². The molecule has 0 unspecified atom stereocenters. The first-order valence-corrected chi connectivity index (χ1v) is 9.34. The third-order valence-corrected chi connectivity index (χ3v) is 5.79. The van der Waals surface area contributed by atoms with Crippen LogP contribution in [-0.4, -0.2) is 63.4 Å². The summed E-state index contributed by atoms with van der Waals surface area (Å²) in [4.78, 5) is 14.5. The number of methoxy groups -OCH3 is 1. The number of ether oxygens (including phenoxy) is 2. The molecule has 1 aromatic carbocycles. The van der Waals surface area contributed by atoms with Crippen molar-refractivity contribution in [3.8, 4) is 0 Å². The van der Waals surface area contributed by atoms with E-state index in [0.29, 0.717) is 6.61 Å². The van der Waals surface area contributed by atoms with Crippen LogP contribution in [0.5, 0.6) is 0 Å². The van der Waals surface area contributed by atoms with E-state index < -0.39 is 0 Å². The number of piperidine rings is 1. The summed E-state index contributed by atoms with van der Waals surface area (Å²) in [5, 5.41) is 3.15. The molecule has 1 amide bonds. The summed E-state index contributed by atoms with van der Waals surface area (Å²) in [5.41, 5.74) is 1.59. The van der Waals surface area contributed by atoms with E-state index in [0.717, 1.165) is 51.9 Å². The van der Waals surface area contributed by atoms with E-state index in [1.54, 1.807) is 7.11 Å². The van der Waals surface area contributed by atoms with E-state index in [2.05, 4.69) is 40.5 Å². The molecule has 5 heteroatoms. The Kier molecular flexibility index (Phi) is 6.45. The molecule has 0 aliphatic carbocycles. The number of nitrogens with one attached hydrogen (secondary N) is 1. The highest BCUT2D eigenvalue weighted by atomic mass is 16.5. The number of likely N-dealkylation sites (tertiary alicyclic amines) is 1. The lowest BCUT2D eigenvalue weighted by atomic mass is 9.69. The molecule has 0 radical (unpaired) electrons. The van der Waals surface area contributed by atoms with E-state index in [1.165, 1.54) is 5.56 Å². The van der Waals surface area contributed by atoms with Crippen LogP contribution in [0.1, 0.15) is 24.8 Å². The zero-order valence-corrected chi connectivity index (χ0v) is 15.2. The summed E-state index contributed by atoms with van der Waals surface area (Å²) < 4.78 is 10.6. The van der Waals surface area contributed by atoms with Crippen LogP contribution in [0.3, 0.4) is 0 Å². The third kappa shape index (κ3) is 4.81. The van der Waals surface area contributed by atoms with Crippen molar-refractivity contribution in [2.75, 3.05) is 46.6 Å². The second-order valence-electron chi connectivity index (χ2n) is 7.32. The Bertz CT molecular complexity index is 541. The lowest BCUT2D eigenvalue weighted by Gasteiger charge is -2.49. The Morgan fingerprint density at radius 2 is 2.04 bits per heavy atom. The van der Waals surface area contributed by atoms with Gasteiger partial charge in [-0.25, -0.2) is 0 Å². The largest absolute Gasteiger partial charge is 0.379 e. The lowest BCUT2D eigenvalue weighted by Crippen LogP contribution is -2.58. The summed E-state index contributed by atoms with van der Waals surface area (Å²) in [6, 6.07) is 10.8. The second-order valence-corrected chi connectivity index (χ2v) is 7.32. The summed E-state index contributed by atoms with van der Waals surface area (Å²) in [6.45, 7) is 4.86. The fourth-order valence-electron chi connectivity index (χ4n) is 4.14. The smallest absolute Gasteiger partial charge is 0.246 e. The normalized spacial score (nSPS) is 23.5. The number of benzene rings is 1. The van der Waals surface area contributed by atoms with Gasteiger partial charge in [0.05, 0.1) is 12.6 Å². The Morgan fingerprint density at radius 1 is 1.28 bits per heavy atom. The monoisotopic (exact) mass is 346 g/mol. The summed E-state index contributed by atoms with van der Waals surface area (Å²) in [6.07, 6.45) is 4.40. The molecule has 0 aromatic heterocycles. The number of rotatable bonds is 6. The van der Waals surface area contributed by atoms with Crippen LogP contribution in [0.15, 0.2) is 30.3 Å². The Balaban J connectivity index is 1.52. The van der Waals surface area contributed by atoms with Crippen molar-refractivity contribution < 1.29 is 14.3 Å². The third-order valence-electron chi connectivity index (χ3n) is 5.79. The van der Waals surface area contributed by atoms with Crippen molar-refractivity contribution in [2.45, 2.75) is 31.7 Å². The van der Waals surface area contributed by atoms with Crippen LogP contribution in [0, 0.1) is 5.41 Å². The minimum absolute atomic E-state index is 0.0381. The Hall–Kier alpha value is -1.43. The van der Waals surface area contributed by atoms with Gasteiger partial charge in [-0.1, -0.05) is 30.3 Å². The van der Waals surface area contributed by atoms with Crippen LogP contribution >= 0.6 is 0 Å². The van der Waals surface area contributed by atoms with Crippen LogP contribution in [0.25, 0.3) is 0 Å². The highest BCUT2D eigenvalue weighted by Crippen LogP contribution is 2.40. The van der Waals surface area contributed by atoms with Gasteiger partial charge in [-0.15, -0.1) is 0 Å². The predicted octanol–water partition coefficient (Wildman–Crippen LogP) is 1.86. The standard InChI is InChI=1S/C20H30N2O3/c1-24-16-19(23)21-18-15-25-14-10-20(18)8-12-22(13-9-20)11-7-17-5-3-2-4-6-17/h2-6,18H,7-16H2,1H3,(H,21,23)/t18-/m1/s1. The molecule has 138 valence electrons. The average molecular weight is 346 g/mol. The molecular formula is C20H30N2O3. The van der Waals surface area contributed by atoms with Crippen molar-refractivity contribution in [2.24, 2.45) is 5.41 Å². The number of carbonyl (C=O) groups is 1. The predicted molar refractivity (Wildman–Crippen MR) is 97.5 cm³/mol. The van der Waals surface area contributed by atoms with Crippen molar-refractivity contribution in [3.05, 3.63) is 35.9 Å². The van der Waals surface area contributed by atoms with Gasteiger partial charge in [0, 0.05) is 20.3 Å². The molecule has 25 heavy (non-hydrogen) atoms. The SMILES string of the molecule is COCC(=O)N[C@@H]1COCCC12CCN(CCc1ccccc1)CC2. The van der Waals surface area contributed by atoms with Crippen molar-refractivity contribution >= 4 is 5.91 Å². The molecule has 3 rings (SSSR count).